The predicted molar refractivity (Wildman–Crippen MR) is 109 cm³/mol. The Bertz CT molecular complexity index is 903. The SMILES string of the molecule is CCc1ccc(OCc2csc(C(=O)Nc3cccc(Cl)c3C)c2)cc1. The van der Waals surface area contributed by atoms with Crippen LogP contribution in [-0.4, -0.2) is 5.91 Å². The number of hydrogen-bond donors (Lipinski definition) is 1. The molecule has 0 fully saturated rings. The van der Waals surface area contributed by atoms with Gasteiger partial charge in [0.25, 0.3) is 5.91 Å². The Morgan fingerprint density at radius 3 is 2.65 bits per heavy atom. The first-order valence-electron chi connectivity index (χ1n) is 8.42. The van der Waals surface area contributed by atoms with Gasteiger partial charge in [-0.1, -0.05) is 36.7 Å². The highest BCUT2D eigenvalue weighted by atomic mass is 35.5. The van der Waals surface area contributed by atoms with Gasteiger partial charge in [0.2, 0.25) is 0 Å². The van der Waals surface area contributed by atoms with Crippen molar-refractivity contribution in [2.45, 2.75) is 26.9 Å². The number of thiophene rings is 1. The van der Waals surface area contributed by atoms with Crippen molar-refractivity contribution < 1.29 is 9.53 Å². The number of ether oxygens (including phenoxy) is 1. The van der Waals surface area contributed by atoms with Crippen LogP contribution in [0.25, 0.3) is 0 Å². The van der Waals surface area contributed by atoms with Crippen LogP contribution in [0.2, 0.25) is 5.02 Å². The third-order valence-corrected chi connectivity index (χ3v) is 5.52. The molecule has 0 unspecified atom stereocenters. The maximum absolute atomic E-state index is 12.5. The molecule has 0 saturated carbocycles. The van der Waals surface area contributed by atoms with Crippen molar-refractivity contribution >= 4 is 34.5 Å². The molecule has 0 aliphatic carbocycles. The highest BCUT2D eigenvalue weighted by Gasteiger charge is 2.12. The molecule has 1 aromatic heterocycles. The molecular weight excluding hydrogens is 366 g/mol. The van der Waals surface area contributed by atoms with Crippen LogP contribution in [0.15, 0.2) is 53.9 Å². The van der Waals surface area contributed by atoms with Crippen LogP contribution in [0.4, 0.5) is 5.69 Å². The monoisotopic (exact) mass is 385 g/mol. The standard InChI is InChI=1S/C21H20ClNO2S/c1-3-15-7-9-17(10-8-15)25-12-16-11-20(26-13-16)21(24)23-19-6-4-5-18(22)14(19)2/h4-11,13H,3,12H2,1-2H3,(H,23,24). The van der Waals surface area contributed by atoms with Crippen LogP contribution in [0, 0.1) is 6.92 Å². The Labute approximate surface area is 162 Å². The van der Waals surface area contributed by atoms with Gasteiger partial charge < -0.3 is 10.1 Å². The highest BCUT2D eigenvalue weighted by Crippen LogP contribution is 2.25. The predicted octanol–water partition coefficient (Wildman–Crippen LogP) is 6.10. The molecule has 26 heavy (non-hydrogen) atoms. The largest absolute Gasteiger partial charge is 0.489 e. The van der Waals surface area contributed by atoms with Gasteiger partial charge in [0.15, 0.2) is 0 Å². The van der Waals surface area contributed by atoms with E-state index in [0.29, 0.717) is 16.5 Å². The molecule has 0 saturated heterocycles. The summed E-state index contributed by atoms with van der Waals surface area (Å²) in [4.78, 5) is 13.1. The molecule has 1 amide bonds. The number of carbonyl (C=O) groups excluding carboxylic acids is 1. The minimum atomic E-state index is -0.140. The van der Waals surface area contributed by atoms with Crippen molar-refractivity contribution in [3.05, 3.63) is 80.5 Å². The molecule has 134 valence electrons. The molecule has 2 aromatic carbocycles. The van der Waals surface area contributed by atoms with Crippen molar-refractivity contribution in [3.63, 3.8) is 0 Å². The Morgan fingerprint density at radius 2 is 1.92 bits per heavy atom. The van der Waals surface area contributed by atoms with Crippen LogP contribution in [-0.2, 0) is 13.0 Å². The lowest BCUT2D eigenvalue weighted by Crippen LogP contribution is -2.11. The zero-order valence-corrected chi connectivity index (χ0v) is 16.3. The van der Waals surface area contributed by atoms with Gasteiger partial charge in [-0.05, 0) is 60.2 Å². The summed E-state index contributed by atoms with van der Waals surface area (Å²) in [5.41, 5.74) is 3.84. The van der Waals surface area contributed by atoms with Gasteiger partial charge in [0.1, 0.15) is 12.4 Å². The van der Waals surface area contributed by atoms with E-state index in [2.05, 4.69) is 24.4 Å². The molecule has 0 aliphatic heterocycles. The summed E-state index contributed by atoms with van der Waals surface area (Å²) in [6, 6.07) is 15.4. The quantitative estimate of drug-likeness (QED) is 0.556. The third-order valence-electron chi connectivity index (χ3n) is 4.13. The molecule has 0 spiro atoms. The number of carbonyl (C=O) groups is 1. The fourth-order valence-corrected chi connectivity index (χ4v) is 3.45. The number of amides is 1. The van der Waals surface area contributed by atoms with Gasteiger partial charge in [0.05, 0.1) is 4.88 Å². The molecule has 3 nitrogen and oxygen atoms in total. The van der Waals surface area contributed by atoms with E-state index in [1.807, 2.05) is 42.6 Å². The van der Waals surface area contributed by atoms with Crippen molar-refractivity contribution in [1.82, 2.24) is 0 Å². The zero-order valence-electron chi connectivity index (χ0n) is 14.7. The molecular formula is C21H20ClNO2S. The molecule has 1 heterocycles. The van der Waals surface area contributed by atoms with E-state index in [4.69, 9.17) is 16.3 Å². The van der Waals surface area contributed by atoms with Crippen LogP contribution in [0.3, 0.4) is 0 Å². The third kappa shape index (κ3) is 4.45. The van der Waals surface area contributed by atoms with E-state index >= 15 is 0 Å². The smallest absolute Gasteiger partial charge is 0.265 e. The second-order valence-electron chi connectivity index (χ2n) is 5.97. The van der Waals surface area contributed by atoms with Crippen LogP contribution in [0.5, 0.6) is 5.75 Å². The molecule has 5 heteroatoms. The molecule has 0 radical (unpaired) electrons. The molecule has 0 atom stereocenters. The lowest BCUT2D eigenvalue weighted by Gasteiger charge is -2.08. The highest BCUT2D eigenvalue weighted by molar-refractivity contribution is 7.12. The minimum Gasteiger partial charge on any atom is -0.489 e. The summed E-state index contributed by atoms with van der Waals surface area (Å²) in [5, 5.41) is 5.49. The lowest BCUT2D eigenvalue weighted by atomic mass is 10.2. The van der Waals surface area contributed by atoms with Crippen LogP contribution < -0.4 is 10.1 Å². The molecule has 3 rings (SSSR count). The van der Waals surface area contributed by atoms with Crippen molar-refractivity contribution in [3.8, 4) is 5.75 Å². The zero-order chi connectivity index (χ0) is 18.5. The fourth-order valence-electron chi connectivity index (χ4n) is 2.49. The Morgan fingerprint density at radius 1 is 1.15 bits per heavy atom. The van der Waals surface area contributed by atoms with Crippen LogP contribution >= 0.6 is 22.9 Å². The normalized spacial score (nSPS) is 10.6. The van der Waals surface area contributed by atoms with E-state index in [-0.39, 0.29) is 5.91 Å². The number of benzene rings is 2. The fraction of sp³-hybridized carbons (Fsp3) is 0.190. The first-order valence-corrected chi connectivity index (χ1v) is 9.68. The van der Waals surface area contributed by atoms with E-state index in [9.17, 15) is 4.79 Å². The summed E-state index contributed by atoms with van der Waals surface area (Å²) in [6.45, 7) is 4.44. The second-order valence-corrected chi connectivity index (χ2v) is 7.29. The van der Waals surface area contributed by atoms with Crippen molar-refractivity contribution in [1.29, 1.82) is 0 Å². The number of aryl methyl sites for hydroxylation is 1. The Balaban J connectivity index is 1.61. The summed E-state index contributed by atoms with van der Waals surface area (Å²) < 4.78 is 5.80. The number of rotatable bonds is 6. The van der Waals surface area contributed by atoms with Gasteiger partial charge >= 0.3 is 0 Å². The number of halogens is 1. The summed E-state index contributed by atoms with van der Waals surface area (Å²) in [6.07, 6.45) is 1.01. The molecule has 0 bridgehead atoms. The topological polar surface area (TPSA) is 38.3 Å². The first kappa shape index (κ1) is 18.5. The van der Waals surface area contributed by atoms with Gasteiger partial charge in [-0.15, -0.1) is 11.3 Å². The number of nitrogens with one attached hydrogen (secondary N) is 1. The van der Waals surface area contributed by atoms with Crippen molar-refractivity contribution in [2.75, 3.05) is 5.32 Å². The summed E-state index contributed by atoms with van der Waals surface area (Å²) >= 11 is 7.50. The number of hydrogen-bond acceptors (Lipinski definition) is 3. The maximum Gasteiger partial charge on any atom is 0.265 e. The molecule has 0 aliphatic rings. The average Bonchev–Trinajstić information content (AvgIpc) is 3.13. The maximum atomic E-state index is 12.5. The Kier molecular flexibility index (Phi) is 5.96. The molecule has 3 aromatic rings. The van der Waals surface area contributed by atoms with Gasteiger partial charge in [0, 0.05) is 16.3 Å². The second kappa shape index (κ2) is 8.39. The van der Waals surface area contributed by atoms with Gasteiger partial charge in [-0.2, -0.15) is 0 Å². The van der Waals surface area contributed by atoms with E-state index < -0.39 is 0 Å². The molecule has 1 N–H and O–H groups in total. The van der Waals surface area contributed by atoms with Gasteiger partial charge in [-0.3, -0.25) is 4.79 Å². The summed E-state index contributed by atoms with van der Waals surface area (Å²) in [7, 11) is 0. The number of anilines is 1. The van der Waals surface area contributed by atoms with E-state index in [1.165, 1.54) is 16.9 Å². The van der Waals surface area contributed by atoms with Crippen molar-refractivity contribution in [2.24, 2.45) is 0 Å². The summed E-state index contributed by atoms with van der Waals surface area (Å²) in [5.74, 6) is 0.688. The van der Waals surface area contributed by atoms with E-state index in [1.54, 1.807) is 6.07 Å². The van der Waals surface area contributed by atoms with E-state index in [0.717, 1.165) is 29.0 Å². The first-order chi connectivity index (χ1) is 12.6. The lowest BCUT2D eigenvalue weighted by molar-refractivity contribution is 0.103. The average molecular weight is 386 g/mol. The van der Waals surface area contributed by atoms with Crippen LogP contribution in [0.1, 0.15) is 33.3 Å². The van der Waals surface area contributed by atoms with Gasteiger partial charge in [-0.25, -0.2) is 0 Å². The Hall–Kier alpha value is -2.30. The minimum absolute atomic E-state index is 0.140.